The highest BCUT2D eigenvalue weighted by Crippen LogP contribution is 2.28. The van der Waals surface area contributed by atoms with Crippen molar-refractivity contribution in [3.05, 3.63) is 70.7 Å². The molecular weight excluding hydrogens is 386 g/mol. The van der Waals surface area contributed by atoms with Gasteiger partial charge in [0.05, 0.1) is 27.9 Å². The lowest BCUT2D eigenvalue weighted by Gasteiger charge is -2.22. The largest absolute Gasteiger partial charge is 0.452 e. The smallest absolute Gasteiger partial charge is 0.331 e. The number of ether oxygens (including phenoxy) is 1. The molecule has 0 unspecified atom stereocenters. The first-order valence-corrected chi connectivity index (χ1v) is 9.75. The quantitative estimate of drug-likeness (QED) is 0.458. The number of nitrogens with zero attached hydrogens (tertiary/aromatic N) is 3. The number of rotatable bonds is 6. The molecule has 1 aromatic heterocycles. The summed E-state index contributed by atoms with van der Waals surface area (Å²) in [4.78, 5) is 30.4. The van der Waals surface area contributed by atoms with E-state index in [1.165, 1.54) is 22.3 Å². The number of aromatic nitrogens is 1. The van der Waals surface area contributed by atoms with Gasteiger partial charge in [0, 0.05) is 13.1 Å². The number of likely N-dealkylation sites (N-methyl/N-ethyl adjacent to an activating group) is 1. The predicted molar refractivity (Wildman–Crippen MR) is 112 cm³/mol. The Kier molecular flexibility index (Phi) is 6.37. The van der Waals surface area contributed by atoms with E-state index < -0.39 is 5.97 Å². The van der Waals surface area contributed by atoms with Crippen LogP contribution in [0.2, 0.25) is 0 Å². The minimum Gasteiger partial charge on any atom is -0.452 e. The fraction of sp³-hybridized carbons (Fsp3) is 0.182. The number of para-hydroxylation sites is 1. The van der Waals surface area contributed by atoms with Crippen LogP contribution >= 0.6 is 11.3 Å². The zero-order chi connectivity index (χ0) is 20.8. The molecule has 2 aromatic carbocycles. The van der Waals surface area contributed by atoms with Gasteiger partial charge in [-0.3, -0.25) is 4.79 Å². The average Bonchev–Trinajstić information content (AvgIpc) is 3.19. The summed E-state index contributed by atoms with van der Waals surface area (Å²) in [5.41, 5.74) is 2.20. The molecule has 1 atom stereocenters. The SMILES string of the molecule is C[C@@H](c1nc2ccccc2s1)N(C)C(=O)COC(=O)/C=C/c1ccc(C#N)cc1. The van der Waals surface area contributed by atoms with Gasteiger partial charge in [0.1, 0.15) is 5.01 Å². The highest BCUT2D eigenvalue weighted by atomic mass is 32.1. The lowest BCUT2D eigenvalue weighted by molar-refractivity contribution is -0.148. The van der Waals surface area contributed by atoms with Crippen molar-refractivity contribution in [3.8, 4) is 6.07 Å². The first-order chi connectivity index (χ1) is 14.0. The molecule has 0 spiro atoms. The van der Waals surface area contributed by atoms with E-state index in [4.69, 9.17) is 10.00 Å². The molecule has 3 aromatic rings. The summed E-state index contributed by atoms with van der Waals surface area (Å²) in [5, 5.41) is 9.61. The van der Waals surface area contributed by atoms with Gasteiger partial charge in [-0.05, 0) is 42.8 Å². The molecule has 7 heteroatoms. The molecule has 6 nitrogen and oxygen atoms in total. The average molecular weight is 405 g/mol. The predicted octanol–water partition coefficient (Wildman–Crippen LogP) is 3.94. The first-order valence-electron chi connectivity index (χ1n) is 8.94. The number of fused-ring (bicyclic) bond motifs is 1. The van der Waals surface area contributed by atoms with Crippen molar-refractivity contribution < 1.29 is 14.3 Å². The number of hydrogen-bond donors (Lipinski definition) is 0. The Labute approximate surface area is 172 Å². The van der Waals surface area contributed by atoms with Crippen LogP contribution in [0.5, 0.6) is 0 Å². The van der Waals surface area contributed by atoms with Crippen LogP contribution in [0.4, 0.5) is 0 Å². The molecule has 0 saturated heterocycles. The van der Waals surface area contributed by atoms with Crippen LogP contribution in [0.1, 0.15) is 29.1 Å². The summed E-state index contributed by atoms with van der Waals surface area (Å²) < 4.78 is 6.11. The third-order valence-corrected chi connectivity index (χ3v) is 5.64. The third-order valence-electron chi connectivity index (χ3n) is 4.43. The van der Waals surface area contributed by atoms with Crippen LogP contribution in [0, 0.1) is 11.3 Å². The molecule has 3 rings (SSSR count). The molecule has 0 aliphatic carbocycles. The second kappa shape index (κ2) is 9.13. The van der Waals surface area contributed by atoms with Crippen LogP contribution in [-0.4, -0.2) is 35.4 Å². The maximum absolute atomic E-state index is 12.4. The molecule has 146 valence electrons. The molecule has 0 radical (unpaired) electrons. The van der Waals surface area contributed by atoms with Gasteiger partial charge >= 0.3 is 5.97 Å². The number of amides is 1. The van der Waals surface area contributed by atoms with Crippen LogP contribution in [0.15, 0.2) is 54.6 Å². The van der Waals surface area contributed by atoms with Crippen LogP contribution in [0.3, 0.4) is 0 Å². The lowest BCUT2D eigenvalue weighted by atomic mass is 10.1. The topological polar surface area (TPSA) is 83.3 Å². The molecular formula is C22H19N3O3S. The summed E-state index contributed by atoms with van der Waals surface area (Å²) in [7, 11) is 1.67. The molecule has 0 aliphatic rings. The fourth-order valence-corrected chi connectivity index (χ4v) is 3.63. The molecule has 0 N–H and O–H groups in total. The molecule has 1 heterocycles. The first kappa shape index (κ1) is 20.2. The Bertz CT molecular complexity index is 1060. The number of benzene rings is 2. The van der Waals surface area contributed by atoms with Gasteiger partial charge < -0.3 is 9.64 Å². The van der Waals surface area contributed by atoms with Gasteiger partial charge in [-0.25, -0.2) is 9.78 Å². The van der Waals surface area contributed by atoms with E-state index in [0.717, 1.165) is 20.8 Å². The van der Waals surface area contributed by atoms with E-state index in [0.29, 0.717) is 5.56 Å². The van der Waals surface area contributed by atoms with Gasteiger partial charge in [0.2, 0.25) is 0 Å². The summed E-state index contributed by atoms with van der Waals surface area (Å²) >= 11 is 1.54. The van der Waals surface area contributed by atoms with E-state index in [9.17, 15) is 9.59 Å². The van der Waals surface area contributed by atoms with E-state index in [1.807, 2.05) is 37.3 Å². The Balaban J connectivity index is 1.54. The number of hydrogen-bond acceptors (Lipinski definition) is 6. The minimum atomic E-state index is -0.608. The summed E-state index contributed by atoms with van der Waals surface area (Å²) in [6.07, 6.45) is 2.83. The number of thiazole rings is 1. The van der Waals surface area contributed by atoms with Crippen LogP contribution in [-0.2, 0) is 14.3 Å². The van der Waals surface area contributed by atoms with Crippen LogP contribution in [0.25, 0.3) is 16.3 Å². The Morgan fingerprint density at radius 2 is 1.97 bits per heavy atom. The van der Waals surface area contributed by atoms with Crippen molar-refractivity contribution in [3.63, 3.8) is 0 Å². The molecule has 0 aliphatic heterocycles. The maximum atomic E-state index is 12.4. The second-order valence-electron chi connectivity index (χ2n) is 6.38. The van der Waals surface area contributed by atoms with Crippen LogP contribution < -0.4 is 0 Å². The molecule has 0 fully saturated rings. The van der Waals surface area contributed by atoms with Crippen molar-refractivity contribution in [2.24, 2.45) is 0 Å². The summed E-state index contributed by atoms with van der Waals surface area (Å²) in [5.74, 6) is -0.916. The monoisotopic (exact) mass is 405 g/mol. The van der Waals surface area contributed by atoms with Gasteiger partial charge in [-0.1, -0.05) is 24.3 Å². The normalized spacial score (nSPS) is 11.9. The van der Waals surface area contributed by atoms with Gasteiger partial charge in [-0.15, -0.1) is 11.3 Å². The number of esters is 1. The highest BCUT2D eigenvalue weighted by molar-refractivity contribution is 7.18. The zero-order valence-electron chi connectivity index (χ0n) is 16.0. The standard InChI is InChI=1S/C22H19N3O3S/c1-15(22-24-18-5-3-4-6-19(18)29-22)25(2)20(26)14-28-21(27)12-11-16-7-9-17(13-23)10-8-16/h3-12,15H,14H2,1-2H3/b12-11+/t15-/m0/s1. The Morgan fingerprint density at radius 3 is 2.66 bits per heavy atom. The molecule has 1 amide bonds. The number of carbonyl (C=O) groups excluding carboxylic acids is 2. The van der Waals surface area contributed by atoms with Crippen molar-refractivity contribution in [1.82, 2.24) is 9.88 Å². The van der Waals surface area contributed by atoms with E-state index >= 15 is 0 Å². The fourth-order valence-electron chi connectivity index (χ4n) is 2.57. The zero-order valence-corrected chi connectivity index (χ0v) is 16.8. The van der Waals surface area contributed by atoms with Crippen molar-refractivity contribution in [1.29, 1.82) is 5.26 Å². The lowest BCUT2D eigenvalue weighted by Crippen LogP contribution is -2.33. The second-order valence-corrected chi connectivity index (χ2v) is 7.44. The number of carbonyl (C=O) groups is 2. The molecule has 29 heavy (non-hydrogen) atoms. The highest BCUT2D eigenvalue weighted by Gasteiger charge is 2.21. The summed E-state index contributed by atoms with van der Waals surface area (Å²) in [6, 6.07) is 16.4. The molecule has 0 bridgehead atoms. The Morgan fingerprint density at radius 1 is 1.24 bits per heavy atom. The molecule has 0 saturated carbocycles. The Hall–Kier alpha value is -3.50. The van der Waals surface area contributed by atoms with E-state index in [-0.39, 0.29) is 18.6 Å². The van der Waals surface area contributed by atoms with Crippen molar-refractivity contribution in [2.45, 2.75) is 13.0 Å². The van der Waals surface area contributed by atoms with Crippen molar-refractivity contribution >= 4 is 39.5 Å². The van der Waals surface area contributed by atoms with Gasteiger partial charge in [-0.2, -0.15) is 5.26 Å². The third kappa shape index (κ3) is 5.06. The van der Waals surface area contributed by atoms with E-state index in [1.54, 1.807) is 37.4 Å². The summed E-state index contributed by atoms with van der Waals surface area (Å²) in [6.45, 7) is 1.55. The van der Waals surface area contributed by atoms with Crippen molar-refractivity contribution in [2.75, 3.05) is 13.7 Å². The maximum Gasteiger partial charge on any atom is 0.331 e. The number of nitriles is 1. The van der Waals surface area contributed by atoms with Gasteiger partial charge in [0.15, 0.2) is 6.61 Å². The van der Waals surface area contributed by atoms with E-state index in [2.05, 4.69) is 4.98 Å². The minimum absolute atomic E-state index is 0.229. The van der Waals surface area contributed by atoms with Gasteiger partial charge in [0.25, 0.3) is 5.91 Å².